The molecule has 3 aliphatic rings. The molecule has 4 rings (SSSR count). The highest BCUT2D eigenvalue weighted by Crippen LogP contribution is 2.38. The number of ether oxygens (including phenoxy) is 1. The van der Waals surface area contributed by atoms with Crippen LogP contribution < -0.4 is 5.32 Å². The molecule has 3 saturated heterocycles. The minimum atomic E-state index is 0.361. The first-order valence-corrected chi connectivity index (χ1v) is 11.6. The first-order chi connectivity index (χ1) is 14.2. The van der Waals surface area contributed by atoms with Crippen LogP contribution >= 0.6 is 0 Å². The summed E-state index contributed by atoms with van der Waals surface area (Å²) in [7, 11) is 0. The van der Waals surface area contributed by atoms with E-state index in [1.165, 1.54) is 49.9 Å². The van der Waals surface area contributed by atoms with E-state index >= 15 is 0 Å². The van der Waals surface area contributed by atoms with Crippen molar-refractivity contribution in [3.05, 3.63) is 35.4 Å². The Hall–Kier alpha value is -1.59. The van der Waals surface area contributed by atoms with E-state index in [2.05, 4.69) is 53.2 Å². The molecule has 0 aromatic heterocycles. The number of guanidine groups is 1. The summed E-state index contributed by atoms with van der Waals surface area (Å²) in [5, 5.41) is 3.53. The van der Waals surface area contributed by atoms with Crippen molar-refractivity contribution < 1.29 is 4.74 Å². The van der Waals surface area contributed by atoms with Gasteiger partial charge in [-0.1, -0.05) is 31.2 Å². The Morgan fingerprint density at radius 1 is 1.17 bits per heavy atom. The number of likely N-dealkylation sites (tertiary alicyclic amines) is 2. The van der Waals surface area contributed by atoms with Crippen LogP contribution in [0.5, 0.6) is 0 Å². The highest BCUT2D eigenvalue weighted by molar-refractivity contribution is 5.80. The number of benzene rings is 1. The lowest BCUT2D eigenvalue weighted by Crippen LogP contribution is -2.41. The molecule has 0 bridgehead atoms. The summed E-state index contributed by atoms with van der Waals surface area (Å²) in [6.07, 6.45) is 5.07. The molecule has 3 aliphatic heterocycles. The second kappa shape index (κ2) is 9.48. The fourth-order valence-corrected chi connectivity index (χ4v) is 5.00. The van der Waals surface area contributed by atoms with Crippen molar-refractivity contribution in [2.24, 2.45) is 16.3 Å². The number of hydrogen-bond acceptors (Lipinski definition) is 3. The lowest BCUT2D eigenvalue weighted by atomic mass is 9.87. The van der Waals surface area contributed by atoms with Crippen LogP contribution in [0.25, 0.3) is 0 Å². The summed E-state index contributed by atoms with van der Waals surface area (Å²) in [5.74, 6) is 1.95. The quantitative estimate of drug-likeness (QED) is 0.609. The molecule has 0 radical (unpaired) electrons. The second-order valence-corrected chi connectivity index (χ2v) is 9.37. The fourth-order valence-electron chi connectivity index (χ4n) is 5.00. The third kappa shape index (κ3) is 5.13. The van der Waals surface area contributed by atoms with Gasteiger partial charge in [0.15, 0.2) is 5.96 Å². The number of nitrogens with zero attached hydrogens (tertiary/aromatic N) is 3. The van der Waals surface area contributed by atoms with Gasteiger partial charge in [0.05, 0.1) is 13.2 Å². The lowest BCUT2D eigenvalue weighted by molar-refractivity contribution is 0.156. The Kier molecular flexibility index (Phi) is 6.76. The van der Waals surface area contributed by atoms with Crippen LogP contribution in [-0.4, -0.2) is 61.7 Å². The molecule has 0 amide bonds. The molecule has 1 N–H and O–H groups in total. The molecule has 5 nitrogen and oxygen atoms in total. The number of nitrogens with one attached hydrogen (secondary N) is 1. The zero-order chi connectivity index (χ0) is 20.1. The fraction of sp³-hybridized carbons (Fsp3) is 0.708. The number of rotatable bonds is 5. The Morgan fingerprint density at radius 2 is 1.97 bits per heavy atom. The van der Waals surface area contributed by atoms with Gasteiger partial charge in [-0.05, 0) is 62.7 Å². The zero-order valence-electron chi connectivity index (χ0n) is 18.3. The van der Waals surface area contributed by atoms with Crippen molar-refractivity contribution in [3.8, 4) is 0 Å². The topological polar surface area (TPSA) is 40.1 Å². The van der Waals surface area contributed by atoms with Crippen molar-refractivity contribution in [1.82, 2.24) is 15.1 Å². The molecule has 1 spiro atoms. The van der Waals surface area contributed by atoms with Crippen molar-refractivity contribution in [2.75, 3.05) is 45.9 Å². The summed E-state index contributed by atoms with van der Waals surface area (Å²) in [5.41, 5.74) is 3.16. The second-order valence-electron chi connectivity index (χ2n) is 9.37. The van der Waals surface area contributed by atoms with E-state index in [0.717, 1.165) is 57.8 Å². The van der Waals surface area contributed by atoms with Crippen LogP contribution in [0.15, 0.2) is 29.3 Å². The van der Waals surface area contributed by atoms with Gasteiger partial charge < -0.3 is 15.0 Å². The van der Waals surface area contributed by atoms with Gasteiger partial charge in [-0.15, -0.1) is 0 Å². The van der Waals surface area contributed by atoms with Gasteiger partial charge in [0.2, 0.25) is 0 Å². The van der Waals surface area contributed by atoms with Crippen LogP contribution in [0, 0.1) is 11.3 Å². The minimum absolute atomic E-state index is 0.361. The number of hydrogen-bond donors (Lipinski definition) is 1. The molecule has 1 aromatic carbocycles. The molecule has 0 aliphatic carbocycles. The summed E-state index contributed by atoms with van der Waals surface area (Å²) >= 11 is 0. The molecule has 160 valence electrons. The van der Waals surface area contributed by atoms with E-state index in [1.54, 1.807) is 0 Å². The minimum Gasteiger partial charge on any atom is -0.381 e. The maximum absolute atomic E-state index is 5.70. The summed E-state index contributed by atoms with van der Waals surface area (Å²) in [4.78, 5) is 10.1. The van der Waals surface area contributed by atoms with Gasteiger partial charge in [0.1, 0.15) is 0 Å². The van der Waals surface area contributed by atoms with Gasteiger partial charge in [-0.2, -0.15) is 0 Å². The largest absolute Gasteiger partial charge is 0.381 e. The summed E-state index contributed by atoms with van der Waals surface area (Å²) < 4.78 is 5.70. The van der Waals surface area contributed by atoms with E-state index in [4.69, 9.17) is 9.73 Å². The molecule has 3 fully saturated rings. The summed E-state index contributed by atoms with van der Waals surface area (Å²) in [6.45, 7) is 13.7. The Balaban J connectivity index is 1.42. The summed E-state index contributed by atoms with van der Waals surface area (Å²) in [6, 6.07) is 8.87. The van der Waals surface area contributed by atoms with Crippen LogP contribution in [0.4, 0.5) is 0 Å². The van der Waals surface area contributed by atoms with Gasteiger partial charge in [-0.25, -0.2) is 4.99 Å². The zero-order valence-corrected chi connectivity index (χ0v) is 18.3. The van der Waals surface area contributed by atoms with E-state index in [9.17, 15) is 0 Å². The van der Waals surface area contributed by atoms with Crippen LogP contribution in [-0.2, 0) is 17.8 Å². The van der Waals surface area contributed by atoms with Crippen LogP contribution in [0.2, 0.25) is 0 Å². The van der Waals surface area contributed by atoms with E-state index in [-0.39, 0.29) is 0 Å². The predicted molar refractivity (Wildman–Crippen MR) is 119 cm³/mol. The molecule has 3 heterocycles. The van der Waals surface area contributed by atoms with E-state index in [1.807, 2.05) is 0 Å². The number of aliphatic imine (C=N–C) groups is 1. The molecule has 29 heavy (non-hydrogen) atoms. The third-order valence-corrected chi connectivity index (χ3v) is 7.05. The van der Waals surface area contributed by atoms with E-state index in [0.29, 0.717) is 5.41 Å². The van der Waals surface area contributed by atoms with Crippen molar-refractivity contribution in [3.63, 3.8) is 0 Å². The highest BCUT2D eigenvalue weighted by atomic mass is 16.5. The van der Waals surface area contributed by atoms with Crippen molar-refractivity contribution in [1.29, 1.82) is 0 Å². The Morgan fingerprint density at radius 3 is 2.69 bits per heavy atom. The normalized spacial score (nSPS) is 26.6. The molecule has 1 atom stereocenters. The number of piperidine rings is 1. The van der Waals surface area contributed by atoms with Crippen LogP contribution in [0.1, 0.15) is 50.7 Å². The Bertz CT molecular complexity index is 690. The highest BCUT2D eigenvalue weighted by Gasteiger charge is 2.42. The third-order valence-electron chi connectivity index (χ3n) is 7.05. The average molecular weight is 399 g/mol. The maximum atomic E-state index is 5.70. The Labute approximate surface area is 176 Å². The van der Waals surface area contributed by atoms with E-state index < -0.39 is 0 Å². The monoisotopic (exact) mass is 398 g/mol. The first-order valence-electron chi connectivity index (χ1n) is 11.6. The van der Waals surface area contributed by atoms with Crippen molar-refractivity contribution >= 4 is 5.96 Å². The van der Waals surface area contributed by atoms with Crippen LogP contribution in [0.3, 0.4) is 0 Å². The van der Waals surface area contributed by atoms with Crippen molar-refractivity contribution in [2.45, 2.75) is 52.6 Å². The van der Waals surface area contributed by atoms with Gasteiger partial charge in [-0.3, -0.25) is 4.90 Å². The predicted octanol–water partition coefficient (Wildman–Crippen LogP) is 3.50. The standard InChI is InChI=1S/C24H38N4O/c1-3-25-23(28-14-10-24(18-28)11-15-29-19-24)26-16-21-6-4-5-7-22(21)17-27-12-8-20(2)9-13-27/h4-7,20H,3,8-19H2,1-2H3,(H,25,26). The first kappa shape index (κ1) is 20.7. The maximum Gasteiger partial charge on any atom is 0.194 e. The average Bonchev–Trinajstić information content (AvgIpc) is 3.38. The SMILES string of the molecule is CCNC(=NCc1ccccc1CN1CCC(C)CC1)N1CCC2(CCOC2)C1. The molecular weight excluding hydrogens is 360 g/mol. The molecule has 1 unspecified atom stereocenters. The van der Waals surface area contributed by atoms with Gasteiger partial charge in [0, 0.05) is 38.2 Å². The molecule has 1 aromatic rings. The molecular formula is C24H38N4O. The smallest absolute Gasteiger partial charge is 0.194 e. The molecule has 5 heteroatoms. The molecule has 0 saturated carbocycles. The van der Waals surface area contributed by atoms with Gasteiger partial charge in [0.25, 0.3) is 0 Å². The van der Waals surface area contributed by atoms with Gasteiger partial charge >= 0.3 is 0 Å². The lowest BCUT2D eigenvalue weighted by Gasteiger charge is -2.30.